The van der Waals surface area contributed by atoms with Crippen LogP contribution in [0.3, 0.4) is 0 Å². The number of carbonyl (C=O) groups is 1. The van der Waals surface area contributed by atoms with Gasteiger partial charge in [0, 0.05) is 32.6 Å². The first-order valence-electron chi connectivity index (χ1n) is 9.43. The molecule has 0 atom stereocenters. The van der Waals surface area contributed by atoms with Gasteiger partial charge in [-0.3, -0.25) is 4.79 Å². The summed E-state index contributed by atoms with van der Waals surface area (Å²) in [6, 6.07) is 4.56. The zero-order valence-corrected chi connectivity index (χ0v) is 16.6. The lowest BCUT2D eigenvalue weighted by Crippen LogP contribution is -2.50. The molecule has 0 aromatic heterocycles. The van der Waals surface area contributed by atoms with Gasteiger partial charge >= 0.3 is 0 Å². The van der Waals surface area contributed by atoms with E-state index in [1.54, 1.807) is 17.9 Å². The highest BCUT2D eigenvalue weighted by atomic mass is 32.2. The van der Waals surface area contributed by atoms with E-state index in [-0.39, 0.29) is 29.6 Å². The van der Waals surface area contributed by atoms with Gasteiger partial charge in [0.15, 0.2) is 0 Å². The highest BCUT2D eigenvalue weighted by Gasteiger charge is 2.31. The predicted molar refractivity (Wildman–Crippen MR) is 102 cm³/mol. The minimum absolute atomic E-state index is 0.0619. The molecule has 6 nitrogen and oxygen atoms in total. The maximum Gasteiger partial charge on any atom is 0.246 e. The summed E-state index contributed by atoms with van der Waals surface area (Å²) in [5.41, 5.74) is 0.776. The molecule has 1 fully saturated rings. The first kappa shape index (κ1) is 20.7. The van der Waals surface area contributed by atoms with Crippen LogP contribution in [-0.2, 0) is 14.8 Å². The smallest absolute Gasteiger partial charge is 0.246 e. The summed E-state index contributed by atoms with van der Waals surface area (Å²) < 4.78 is 26.9. The number of hydrogen-bond donors (Lipinski definition) is 1. The molecule has 1 saturated heterocycles. The molecule has 0 bridgehead atoms. The van der Waals surface area contributed by atoms with E-state index in [0.717, 1.165) is 24.8 Å². The highest BCUT2D eigenvalue weighted by Crippen LogP contribution is 2.27. The number of piperazine rings is 1. The molecule has 1 aliphatic rings. The maximum absolute atomic E-state index is 12.8. The van der Waals surface area contributed by atoms with Crippen molar-refractivity contribution in [3.8, 4) is 5.75 Å². The average Bonchev–Trinajstić information content (AvgIpc) is 2.63. The van der Waals surface area contributed by atoms with Gasteiger partial charge in [-0.15, -0.1) is 0 Å². The Balaban J connectivity index is 1.89. The van der Waals surface area contributed by atoms with Gasteiger partial charge in [-0.25, -0.2) is 8.42 Å². The minimum Gasteiger partial charge on any atom is -0.507 e. The third kappa shape index (κ3) is 5.20. The second-order valence-corrected chi connectivity index (χ2v) is 8.83. The van der Waals surface area contributed by atoms with E-state index in [1.807, 2.05) is 0 Å². The van der Waals surface area contributed by atoms with Gasteiger partial charge in [0.2, 0.25) is 15.9 Å². The topological polar surface area (TPSA) is 77.9 Å². The molecule has 26 heavy (non-hydrogen) atoms. The van der Waals surface area contributed by atoms with Crippen LogP contribution >= 0.6 is 0 Å². The fourth-order valence-corrected chi connectivity index (χ4v) is 4.77. The molecular formula is C19H30N2O4S. The number of aromatic hydroxyl groups is 1. The Labute approximate surface area is 156 Å². The number of unbranched alkanes of at least 4 members (excludes halogenated alkanes) is 4. The lowest BCUT2D eigenvalue weighted by Gasteiger charge is -2.34. The van der Waals surface area contributed by atoms with Crippen molar-refractivity contribution in [3.05, 3.63) is 23.8 Å². The fraction of sp³-hybridized carbons (Fsp3) is 0.632. The molecule has 0 aliphatic carbocycles. The molecule has 1 aliphatic heterocycles. The Morgan fingerprint density at radius 2 is 1.73 bits per heavy atom. The molecule has 1 aromatic carbocycles. The SMILES string of the molecule is CCCCCCCC(=O)N1CCN(S(=O)(=O)c2cc(C)ccc2O)CC1. The molecular weight excluding hydrogens is 352 g/mol. The van der Waals surface area contributed by atoms with E-state index in [2.05, 4.69) is 6.92 Å². The Morgan fingerprint density at radius 1 is 1.08 bits per heavy atom. The predicted octanol–water partition coefficient (Wildman–Crippen LogP) is 2.89. The van der Waals surface area contributed by atoms with Gasteiger partial charge in [0.05, 0.1) is 0 Å². The van der Waals surface area contributed by atoms with E-state index in [0.29, 0.717) is 19.5 Å². The van der Waals surface area contributed by atoms with Crippen LogP contribution in [0.2, 0.25) is 0 Å². The molecule has 1 heterocycles. The van der Waals surface area contributed by atoms with Crippen LogP contribution < -0.4 is 0 Å². The van der Waals surface area contributed by atoms with Crippen molar-refractivity contribution in [2.24, 2.45) is 0 Å². The molecule has 1 N–H and O–H groups in total. The van der Waals surface area contributed by atoms with E-state index in [9.17, 15) is 18.3 Å². The van der Waals surface area contributed by atoms with Crippen molar-refractivity contribution in [3.63, 3.8) is 0 Å². The van der Waals surface area contributed by atoms with Crippen LogP contribution in [0.5, 0.6) is 5.75 Å². The standard InChI is InChI=1S/C19H30N2O4S/c1-3-4-5-6-7-8-19(23)20-11-13-21(14-12-20)26(24,25)18-15-16(2)9-10-17(18)22/h9-10,15,22H,3-8,11-14H2,1-2H3. The number of benzene rings is 1. The number of aryl methyl sites for hydroxylation is 1. The van der Waals surface area contributed by atoms with E-state index >= 15 is 0 Å². The second kappa shape index (κ2) is 9.37. The van der Waals surface area contributed by atoms with Gasteiger partial charge in [-0.2, -0.15) is 4.31 Å². The minimum atomic E-state index is -3.75. The quantitative estimate of drug-likeness (QED) is 0.701. The van der Waals surface area contributed by atoms with Gasteiger partial charge in [-0.05, 0) is 31.0 Å². The lowest BCUT2D eigenvalue weighted by atomic mass is 10.1. The summed E-state index contributed by atoms with van der Waals surface area (Å²) in [5.74, 6) is -0.127. The molecule has 1 aromatic rings. The number of amides is 1. The van der Waals surface area contributed by atoms with Crippen molar-refractivity contribution >= 4 is 15.9 Å². The van der Waals surface area contributed by atoms with Crippen molar-refractivity contribution < 1.29 is 18.3 Å². The average molecular weight is 383 g/mol. The van der Waals surface area contributed by atoms with Gasteiger partial charge in [-0.1, -0.05) is 38.7 Å². The van der Waals surface area contributed by atoms with Gasteiger partial charge < -0.3 is 10.0 Å². The molecule has 2 rings (SSSR count). The first-order valence-corrected chi connectivity index (χ1v) is 10.9. The van der Waals surface area contributed by atoms with Crippen LogP contribution in [0.1, 0.15) is 51.0 Å². The van der Waals surface area contributed by atoms with E-state index < -0.39 is 10.0 Å². The Hall–Kier alpha value is -1.60. The van der Waals surface area contributed by atoms with Crippen molar-refractivity contribution in [1.82, 2.24) is 9.21 Å². The summed E-state index contributed by atoms with van der Waals surface area (Å²) in [7, 11) is -3.75. The summed E-state index contributed by atoms with van der Waals surface area (Å²) in [6.45, 7) is 5.28. The summed E-state index contributed by atoms with van der Waals surface area (Å²) in [6.07, 6.45) is 6.05. The molecule has 146 valence electrons. The highest BCUT2D eigenvalue weighted by molar-refractivity contribution is 7.89. The Kier molecular flexibility index (Phi) is 7.46. The van der Waals surface area contributed by atoms with Crippen LogP contribution in [0.4, 0.5) is 0 Å². The fourth-order valence-electron chi connectivity index (χ4n) is 3.18. The zero-order valence-electron chi connectivity index (χ0n) is 15.8. The summed E-state index contributed by atoms with van der Waals surface area (Å²) >= 11 is 0. The number of carbonyl (C=O) groups excluding carboxylic acids is 1. The molecule has 0 saturated carbocycles. The molecule has 0 radical (unpaired) electrons. The third-order valence-corrected chi connectivity index (χ3v) is 6.75. The van der Waals surface area contributed by atoms with Crippen molar-refractivity contribution in [2.45, 2.75) is 57.3 Å². The third-order valence-electron chi connectivity index (χ3n) is 4.82. The maximum atomic E-state index is 12.8. The van der Waals surface area contributed by atoms with Crippen LogP contribution in [0, 0.1) is 6.92 Å². The number of nitrogens with zero attached hydrogens (tertiary/aromatic N) is 2. The number of sulfonamides is 1. The summed E-state index contributed by atoms with van der Waals surface area (Å²) in [4.78, 5) is 14.0. The summed E-state index contributed by atoms with van der Waals surface area (Å²) in [5, 5.41) is 9.93. The van der Waals surface area contributed by atoms with Crippen LogP contribution in [0.15, 0.2) is 23.1 Å². The molecule has 0 unspecified atom stereocenters. The molecule has 1 amide bonds. The van der Waals surface area contributed by atoms with Gasteiger partial charge in [0.25, 0.3) is 0 Å². The monoisotopic (exact) mass is 382 g/mol. The second-order valence-electron chi connectivity index (χ2n) is 6.92. The first-order chi connectivity index (χ1) is 12.4. The van der Waals surface area contributed by atoms with Crippen molar-refractivity contribution in [1.29, 1.82) is 0 Å². The van der Waals surface area contributed by atoms with Crippen LogP contribution in [0.25, 0.3) is 0 Å². The van der Waals surface area contributed by atoms with Crippen molar-refractivity contribution in [2.75, 3.05) is 26.2 Å². The largest absolute Gasteiger partial charge is 0.507 e. The lowest BCUT2D eigenvalue weighted by molar-refractivity contribution is -0.132. The van der Waals surface area contributed by atoms with E-state index in [1.165, 1.54) is 29.3 Å². The number of hydrogen-bond acceptors (Lipinski definition) is 4. The Bertz CT molecular complexity index is 710. The van der Waals surface area contributed by atoms with E-state index in [4.69, 9.17) is 0 Å². The number of rotatable bonds is 8. The molecule has 0 spiro atoms. The number of phenols is 1. The van der Waals surface area contributed by atoms with Crippen LogP contribution in [-0.4, -0.2) is 54.8 Å². The van der Waals surface area contributed by atoms with Gasteiger partial charge in [0.1, 0.15) is 10.6 Å². The Morgan fingerprint density at radius 3 is 2.38 bits per heavy atom. The molecule has 7 heteroatoms. The number of phenolic OH excluding ortho intramolecular Hbond substituents is 1. The normalized spacial score (nSPS) is 16.0. The zero-order chi connectivity index (χ0) is 19.2.